The second kappa shape index (κ2) is 5.14. The maximum absolute atomic E-state index is 8.61. The SMILES string of the molecule is C=N/N=C(/CCC)B(O)O. The maximum Gasteiger partial charge on any atom is 0.505 e. The van der Waals surface area contributed by atoms with Gasteiger partial charge in [-0.15, -0.1) is 0 Å². The minimum absolute atomic E-state index is 0.262. The van der Waals surface area contributed by atoms with E-state index in [1.165, 1.54) is 0 Å². The highest BCUT2D eigenvalue weighted by atomic mass is 16.4. The van der Waals surface area contributed by atoms with Crippen LogP contribution in [0, 0.1) is 0 Å². The van der Waals surface area contributed by atoms with Gasteiger partial charge in [0, 0.05) is 6.72 Å². The van der Waals surface area contributed by atoms with Gasteiger partial charge in [0.15, 0.2) is 0 Å². The van der Waals surface area contributed by atoms with Gasteiger partial charge in [0.25, 0.3) is 0 Å². The van der Waals surface area contributed by atoms with Crippen molar-refractivity contribution in [3.05, 3.63) is 0 Å². The van der Waals surface area contributed by atoms with Gasteiger partial charge in [-0.1, -0.05) is 13.3 Å². The number of nitrogens with zero attached hydrogens (tertiary/aromatic N) is 2. The van der Waals surface area contributed by atoms with E-state index >= 15 is 0 Å². The van der Waals surface area contributed by atoms with Gasteiger partial charge in [-0.2, -0.15) is 10.2 Å². The molecule has 0 fully saturated rings. The lowest BCUT2D eigenvalue weighted by Gasteiger charge is -1.98. The lowest BCUT2D eigenvalue weighted by Crippen LogP contribution is -2.25. The van der Waals surface area contributed by atoms with Crippen molar-refractivity contribution in [3.63, 3.8) is 0 Å². The average Bonchev–Trinajstić information content (AvgIpc) is 1.87. The fourth-order valence-electron chi connectivity index (χ4n) is 0.578. The first-order valence-corrected chi connectivity index (χ1v) is 3.11. The van der Waals surface area contributed by atoms with E-state index in [2.05, 4.69) is 16.9 Å². The summed E-state index contributed by atoms with van der Waals surface area (Å²) < 4.78 is 0. The molecule has 0 aromatic rings. The first kappa shape index (κ1) is 9.32. The van der Waals surface area contributed by atoms with Crippen LogP contribution in [0.4, 0.5) is 0 Å². The third kappa shape index (κ3) is 3.37. The van der Waals surface area contributed by atoms with Crippen LogP contribution in [0.3, 0.4) is 0 Å². The Hall–Kier alpha value is -0.675. The zero-order valence-corrected chi connectivity index (χ0v) is 5.99. The highest BCUT2D eigenvalue weighted by Crippen LogP contribution is 1.93. The van der Waals surface area contributed by atoms with E-state index in [4.69, 9.17) is 10.0 Å². The smallest absolute Gasteiger partial charge is 0.422 e. The summed E-state index contributed by atoms with van der Waals surface area (Å²) in [5.74, 6) is 0. The third-order valence-corrected chi connectivity index (χ3v) is 1.00. The first-order valence-electron chi connectivity index (χ1n) is 3.11. The molecular formula is C5H11BN2O2. The van der Waals surface area contributed by atoms with Gasteiger partial charge in [-0.25, -0.2) is 0 Å². The quantitative estimate of drug-likeness (QED) is 0.325. The van der Waals surface area contributed by atoms with Crippen molar-refractivity contribution in [1.29, 1.82) is 0 Å². The molecule has 0 spiro atoms. The largest absolute Gasteiger partial charge is 0.505 e. The summed E-state index contributed by atoms with van der Waals surface area (Å²) in [5.41, 5.74) is 0.262. The van der Waals surface area contributed by atoms with Gasteiger partial charge in [0.2, 0.25) is 0 Å². The molecule has 0 aliphatic carbocycles. The van der Waals surface area contributed by atoms with E-state index in [9.17, 15) is 0 Å². The van der Waals surface area contributed by atoms with Gasteiger partial charge in [-0.3, -0.25) is 0 Å². The lowest BCUT2D eigenvalue weighted by molar-refractivity contribution is 0.428. The Labute approximate surface area is 60.4 Å². The van der Waals surface area contributed by atoms with Crippen LogP contribution in [0.5, 0.6) is 0 Å². The molecular weight excluding hydrogens is 131 g/mol. The minimum atomic E-state index is -1.49. The van der Waals surface area contributed by atoms with Crippen LogP contribution in [-0.4, -0.2) is 29.5 Å². The zero-order chi connectivity index (χ0) is 7.98. The monoisotopic (exact) mass is 142 g/mol. The zero-order valence-electron chi connectivity index (χ0n) is 5.99. The normalized spacial score (nSPS) is 11.3. The summed E-state index contributed by atoms with van der Waals surface area (Å²) in [4.78, 5) is 0. The summed E-state index contributed by atoms with van der Waals surface area (Å²) >= 11 is 0. The van der Waals surface area contributed by atoms with E-state index in [0.717, 1.165) is 6.42 Å². The summed E-state index contributed by atoms with van der Waals surface area (Å²) in [6, 6.07) is 0. The van der Waals surface area contributed by atoms with Crippen LogP contribution in [0.1, 0.15) is 19.8 Å². The molecule has 0 aliphatic rings. The molecule has 0 aromatic heterocycles. The van der Waals surface area contributed by atoms with Crippen molar-refractivity contribution in [3.8, 4) is 0 Å². The molecule has 0 bridgehead atoms. The highest BCUT2D eigenvalue weighted by Gasteiger charge is 2.15. The summed E-state index contributed by atoms with van der Waals surface area (Å²) in [6.45, 7) is 5.02. The molecule has 10 heavy (non-hydrogen) atoms. The van der Waals surface area contributed by atoms with Gasteiger partial charge in [0.05, 0.1) is 5.61 Å². The number of hydrogen-bond donors (Lipinski definition) is 2. The fourth-order valence-corrected chi connectivity index (χ4v) is 0.578. The number of hydrogen-bond acceptors (Lipinski definition) is 4. The van der Waals surface area contributed by atoms with Crippen molar-refractivity contribution < 1.29 is 10.0 Å². The van der Waals surface area contributed by atoms with E-state index < -0.39 is 7.12 Å². The van der Waals surface area contributed by atoms with Crippen molar-refractivity contribution in [2.75, 3.05) is 0 Å². The van der Waals surface area contributed by atoms with Crippen molar-refractivity contribution in [2.45, 2.75) is 19.8 Å². The molecule has 0 atom stereocenters. The molecule has 0 rings (SSSR count). The maximum atomic E-state index is 8.61. The summed E-state index contributed by atoms with van der Waals surface area (Å²) in [7, 11) is -1.49. The Morgan fingerprint density at radius 2 is 2.20 bits per heavy atom. The topological polar surface area (TPSA) is 65.2 Å². The Bertz CT molecular complexity index is 136. The Morgan fingerprint density at radius 3 is 2.50 bits per heavy atom. The molecule has 0 unspecified atom stereocenters. The molecule has 0 saturated carbocycles. The highest BCUT2D eigenvalue weighted by molar-refractivity contribution is 6.80. The standard InChI is InChI=1S/C5H11BN2O2/c1-3-4-5(6(9)10)8-7-2/h9-10H,2-4H2,1H3/b8-5-. The third-order valence-electron chi connectivity index (χ3n) is 1.00. The second-order valence-corrected chi connectivity index (χ2v) is 1.86. The van der Waals surface area contributed by atoms with Gasteiger partial charge in [-0.05, 0) is 6.42 Å². The Kier molecular flexibility index (Phi) is 4.79. The van der Waals surface area contributed by atoms with E-state index in [-0.39, 0.29) is 5.61 Å². The average molecular weight is 142 g/mol. The van der Waals surface area contributed by atoms with Gasteiger partial charge >= 0.3 is 7.12 Å². The van der Waals surface area contributed by atoms with E-state index in [0.29, 0.717) is 6.42 Å². The number of rotatable bonds is 4. The molecule has 5 heteroatoms. The van der Waals surface area contributed by atoms with Crippen molar-refractivity contribution >= 4 is 19.4 Å². The van der Waals surface area contributed by atoms with Crippen molar-refractivity contribution in [2.24, 2.45) is 10.2 Å². The van der Waals surface area contributed by atoms with Crippen LogP contribution < -0.4 is 0 Å². The predicted molar refractivity (Wildman–Crippen MR) is 42.1 cm³/mol. The van der Waals surface area contributed by atoms with Gasteiger partial charge in [0.1, 0.15) is 0 Å². The molecule has 2 N–H and O–H groups in total. The molecule has 0 heterocycles. The summed E-state index contributed by atoms with van der Waals surface area (Å²) in [6.07, 6.45) is 1.35. The van der Waals surface area contributed by atoms with Crippen LogP contribution >= 0.6 is 0 Å². The molecule has 0 aliphatic heterocycles. The lowest BCUT2D eigenvalue weighted by atomic mass is 9.81. The first-order chi connectivity index (χ1) is 4.72. The van der Waals surface area contributed by atoms with Crippen LogP contribution in [0.25, 0.3) is 0 Å². The molecule has 0 saturated heterocycles. The van der Waals surface area contributed by atoms with Crippen LogP contribution in [-0.2, 0) is 0 Å². The molecule has 56 valence electrons. The van der Waals surface area contributed by atoms with Gasteiger partial charge < -0.3 is 10.0 Å². The van der Waals surface area contributed by atoms with Crippen LogP contribution in [0.15, 0.2) is 10.2 Å². The fraction of sp³-hybridized carbons (Fsp3) is 0.600. The van der Waals surface area contributed by atoms with E-state index in [1.54, 1.807) is 0 Å². The van der Waals surface area contributed by atoms with Crippen LogP contribution in [0.2, 0.25) is 0 Å². The summed E-state index contributed by atoms with van der Waals surface area (Å²) in [5, 5.41) is 23.9. The molecule has 4 nitrogen and oxygen atoms in total. The van der Waals surface area contributed by atoms with E-state index in [1.807, 2.05) is 6.92 Å². The minimum Gasteiger partial charge on any atom is -0.422 e. The van der Waals surface area contributed by atoms with Crippen molar-refractivity contribution in [1.82, 2.24) is 0 Å². The second-order valence-electron chi connectivity index (χ2n) is 1.86. The molecule has 0 radical (unpaired) electrons. The predicted octanol–water partition coefficient (Wildman–Crippen LogP) is -0.145. The Balaban J connectivity index is 3.97. The Morgan fingerprint density at radius 1 is 1.60 bits per heavy atom. The molecule has 0 aromatic carbocycles. The molecule has 0 amide bonds.